The summed E-state index contributed by atoms with van der Waals surface area (Å²) in [7, 11) is 0. The van der Waals surface area contributed by atoms with Gasteiger partial charge in [0.25, 0.3) is 0 Å². The second-order valence-corrected chi connectivity index (χ2v) is 7.04. The smallest absolute Gasteiger partial charge is 0.200 e. The fourth-order valence-corrected chi connectivity index (χ4v) is 3.38. The molecule has 0 aliphatic carbocycles. The molecule has 0 saturated heterocycles. The first kappa shape index (κ1) is 20.9. The molecular weight excluding hydrogens is 437 g/mol. The van der Waals surface area contributed by atoms with E-state index >= 15 is 0 Å². The van der Waals surface area contributed by atoms with Gasteiger partial charge in [0.15, 0.2) is 23.3 Å². The second-order valence-electron chi connectivity index (χ2n) is 6.64. The first-order valence-electron chi connectivity index (χ1n) is 9.00. The van der Waals surface area contributed by atoms with Crippen molar-refractivity contribution in [2.75, 3.05) is 5.43 Å². The van der Waals surface area contributed by atoms with Gasteiger partial charge in [-0.05, 0) is 17.7 Å². The van der Waals surface area contributed by atoms with Crippen molar-refractivity contribution in [3.05, 3.63) is 100.0 Å². The third-order valence-electron chi connectivity index (χ3n) is 4.71. The molecule has 0 atom stereocenters. The Bertz CT molecular complexity index is 1290. The Labute approximate surface area is 178 Å². The van der Waals surface area contributed by atoms with Crippen molar-refractivity contribution in [1.82, 2.24) is 4.57 Å². The van der Waals surface area contributed by atoms with Gasteiger partial charge in [-0.3, -0.25) is 5.43 Å². The van der Waals surface area contributed by atoms with Crippen LogP contribution in [0.1, 0.15) is 11.1 Å². The number of anilines is 1. The Morgan fingerprint density at radius 1 is 0.839 bits per heavy atom. The molecule has 1 N–H and O–H groups in total. The Morgan fingerprint density at radius 3 is 2.16 bits per heavy atom. The lowest BCUT2D eigenvalue weighted by Crippen LogP contribution is -2.06. The third kappa shape index (κ3) is 3.86. The predicted octanol–water partition coefficient (Wildman–Crippen LogP) is 6.48. The van der Waals surface area contributed by atoms with E-state index in [0.29, 0.717) is 17.1 Å². The van der Waals surface area contributed by atoms with Crippen LogP contribution < -0.4 is 5.43 Å². The Balaban J connectivity index is 1.67. The van der Waals surface area contributed by atoms with E-state index in [9.17, 15) is 22.0 Å². The molecule has 158 valence electrons. The van der Waals surface area contributed by atoms with Crippen molar-refractivity contribution in [2.45, 2.75) is 6.54 Å². The molecule has 1 heterocycles. The van der Waals surface area contributed by atoms with Crippen LogP contribution in [0.3, 0.4) is 0 Å². The minimum absolute atomic E-state index is 0.457. The topological polar surface area (TPSA) is 29.3 Å². The molecule has 31 heavy (non-hydrogen) atoms. The Morgan fingerprint density at radius 2 is 1.45 bits per heavy atom. The fourth-order valence-electron chi connectivity index (χ4n) is 3.19. The summed E-state index contributed by atoms with van der Waals surface area (Å²) in [5.74, 6) is -10.3. The van der Waals surface area contributed by atoms with Gasteiger partial charge in [0.05, 0.1) is 6.21 Å². The van der Waals surface area contributed by atoms with E-state index in [1.807, 2.05) is 46.4 Å². The van der Waals surface area contributed by atoms with E-state index in [1.54, 1.807) is 18.3 Å². The molecular formula is C22H13ClF5N3. The van der Waals surface area contributed by atoms with Gasteiger partial charge in [0, 0.05) is 34.2 Å². The van der Waals surface area contributed by atoms with Crippen LogP contribution in [-0.2, 0) is 6.54 Å². The molecule has 4 rings (SSSR count). The molecule has 0 bridgehead atoms. The van der Waals surface area contributed by atoms with E-state index < -0.39 is 34.8 Å². The summed E-state index contributed by atoms with van der Waals surface area (Å²) in [6.07, 6.45) is 2.99. The van der Waals surface area contributed by atoms with Crippen LogP contribution in [0.2, 0.25) is 5.02 Å². The fraction of sp³-hybridized carbons (Fsp3) is 0.0455. The van der Waals surface area contributed by atoms with Crippen LogP contribution >= 0.6 is 11.6 Å². The lowest BCUT2D eigenvalue weighted by molar-refractivity contribution is 0.381. The summed E-state index contributed by atoms with van der Waals surface area (Å²) in [4.78, 5) is 0. The van der Waals surface area contributed by atoms with Crippen LogP contribution in [0.25, 0.3) is 10.9 Å². The number of para-hydroxylation sites is 1. The largest absolute Gasteiger partial charge is 0.342 e. The van der Waals surface area contributed by atoms with Gasteiger partial charge < -0.3 is 4.57 Å². The van der Waals surface area contributed by atoms with E-state index in [2.05, 4.69) is 5.10 Å². The van der Waals surface area contributed by atoms with Crippen molar-refractivity contribution in [3.8, 4) is 0 Å². The zero-order chi connectivity index (χ0) is 22.1. The van der Waals surface area contributed by atoms with Crippen molar-refractivity contribution in [1.29, 1.82) is 0 Å². The molecule has 0 spiro atoms. The molecule has 0 amide bonds. The lowest BCUT2D eigenvalue weighted by Gasteiger charge is -2.07. The summed E-state index contributed by atoms with van der Waals surface area (Å²) < 4.78 is 69.3. The summed E-state index contributed by atoms with van der Waals surface area (Å²) >= 11 is 6.24. The first-order valence-corrected chi connectivity index (χ1v) is 9.38. The number of fused-ring (bicyclic) bond motifs is 1. The SMILES string of the molecule is Fc1c(F)c(F)c(N/N=C\c2cn(Cc3ccccc3Cl)c3ccccc23)c(F)c1F. The van der Waals surface area contributed by atoms with Gasteiger partial charge in [-0.2, -0.15) is 5.10 Å². The molecule has 0 aliphatic rings. The highest BCUT2D eigenvalue weighted by Crippen LogP contribution is 2.27. The number of hydrogen-bond donors (Lipinski definition) is 1. The number of halogens is 6. The summed E-state index contributed by atoms with van der Waals surface area (Å²) in [5.41, 5.74) is 2.98. The molecule has 3 nitrogen and oxygen atoms in total. The van der Waals surface area contributed by atoms with Crippen LogP contribution in [0.4, 0.5) is 27.6 Å². The standard InChI is InChI=1S/C22H13ClF5N3/c23-15-7-3-1-5-12(15)10-31-11-13(14-6-2-4-8-16(14)31)9-29-30-22-20(27)18(25)17(24)19(26)21(22)28/h1-9,11,30H,10H2/b29-9-. The van der Waals surface area contributed by atoms with Crippen molar-refractivity contribution in [3.63, 3.8) is 0 Å². The highest BCUT2D eigenvalue weighted by Gasteiger charge is 2.25. The molecule has 0 unspecified atom stereocenters. The van der Waals surface area contributed by atoms with E-state index in [0.717, 1.165) is 16.5 Å². The van der Waals surface area contributed by atoms with E-state index in [-0.39, 0.29) is 0 Å². The van der Waals surface area contributed by atoms with E-state index in [4.69, 9.17) is 11.6 Å². The van der Waals surface area contributed by atoms with Gasteiger partial charge >= 0.3 is 0 Å². The summed E-state index contributed by atoms with van der Waals surface area (Å²) in [6.45, 7) is 0.457. The van der Waals surface area contributed by atoms with Gasteiger partial charge in [-0.15, -0.1) is 0 Å². The van der Waals surface area contributed by atoms with E-state index in [1.165, 1.54) is 6.21 Å². The van der Waals surface area contributed by atoms with Gasteiger partial charge in [-0.25, -0.2) is 22.0 Å². The van der Waals surface area contributed by atoms with Crippen molar-refractivity contribution in [2.24, 2.45) is 5.10 Å². The number of rotatable bonds is 5. The third-order valence-corrected chi connectivity index (χ3v) is 5.08. The lowest BCUT2D eigenvalue weighted by atomic mass is 10.2. The predicted molar refractivity (Wildman–Crippen MR) is 110 cm³/mol. The van der Waals surface area contributed by atoms with Crippen LogP contribution in [-0.4, -0.2) is 10.8 Å². The average molecular weight is 450 g/mol. The maximum atomic E-state index is 13.8. The number of hydrogen-bond acceptors (Lipinski definition) is 2. The monoisotopic (exact) mass is 449 g/mol. The number of hydrazone groups is 1. The van der Waals surface area contributed by atoms with Crippen LogP contribution in [0, 0.1) is 29.1 Å². The highest BCUT2D eigenvalue weighted by molar-refractivity contribution is 6.31. The highest BCUT2D eigenvalue weighted by atomic mass is 35.5. The number of nitrogens with zero attached hydrogens (tertiary/aromatic N) is 2. The molecule has 0 aliphatic heterocycles. The summed E-state index contributed by atoms with van der Waals surface area (Å²) in [6, 6.07) is 14.7. The Hall–Kier alpha value is -3.39. The Kier molecular flexibility index (Phi) is 5.65. The second kappa shape index (κ2) is 8.39. The average Bonchev–Trinajstić information content (AvgIpc) is 3.12. The molecule has 9 heteroatoms. The first-order chi connectivity index (χ1) is 14.9. The van der Waals surface area contributed by atoms with Gasteiger partial charge in [-0.1, -0.05) is 48.0 Å². The van der Waals surface area contributed by atoms with Crippen molar-refractivity contribution < 1.29 is 22.0 Å². The van der Waals surface area contributed by atoms with Crippen LogP contribution in [0.15, 0.2) is 59.8 Å². The molecule has 0 radical (unpaired) electrons. The summed E-state index contributed by atoms with van der Waals surface area (Å²) in [5, 5.41) is 5.06. The molecule has 3 aromatic carbocycles. The van der Waals surface area contributed by atoms with Gasteiger partial charge in [0.2, 0.25) is 5.82 Å². The maximum Gasteiger partial charge on any atom is 0.200 e. The normalized spacial score (nSPS) is 11.5. The number of nitrogens with one attached hydrogen (secondary N) is 1. The molecule has 0 saturated carbocycles. The molecule has 4 aromatic rings. The maximum absolute atomic E-state index is 13.8. The number of benzene rings is 3. The van der Waals surface area contributed by atoms with Crippen molar-refractivity contribution >= 4 is 34.4 Å². The number of aromatic nitrogens is 1. The van der Waals surface area contributed by atoms with Gasteiger partial charge in [0.1, 0.15) is 5.69 Å². The minimum Gasteiger partial charge on any atom is -0.342 e. The quantitative estimate of drug-likeness (QED) is 0.122. The molecule has 0 fully saturated rings. The zero-order valence-corrected chi connectivity index (χ0v) is 16.4. The zero-order valence-electron chi connectivity index (χ0n) is 15.6. The molecule has 1 aromatic heterocycles. The minimum atomic E-state index is -2.23. The van der Waals surface area contributed by atoms with Crippen LogP contribution in [0.5, 0.6) is 0 Å².